The van der Waals surface area contributed by atoms with Crippen molar-refractivity contribution in [3.05, 3.63) is 23.8 Å². The lowest BCUT2D eigenvalue weighted by Crippen LogP contribution is -2.01. The number of hydrogen-bond acceptors (Lipinski definition) is 3. The molecule has 0 amide bonds. The lowest BCUT2D eigenvalue weighted by Gasteiger charge is -2.04. The van der Waals surface area contributed by atoms with E-state index in [0.717, 1.165) is 11.4 Å². The summed E-state index contributed by atoms with van der Waals surface area (Å²) >= 11 is 1.76. The van der Waals surface area contributed by atoms with Gasteiger partial charge in [0.2, 0.25) is 0 Å². The Morgan fingerprint density at radius 3 is 2.83 bits per heavy atom. The summed E-state index contributed by atoms with van der Waals surface area (Å²) in [6.07, 6.45) is 0. The first-order valence-electron chi connectivity index (χ1n) is 3.93. The van der Waals surface area contributed by atoms with Gasteiger partial charge in [-0.3, -0.25) is 0 Å². The number of aryl methyl sites for hydroxylation is 1. The van der Waals surface area contributed by atoms with Gasteiger partial charge in [0.15, 0.2) is 0 Å². The third-order valence-corrected chi connectivity index (χ3v) is 2.78. The number of thioether (sulfide) groups is 1. The smallest absolute Gasteiger partial charge is 0.0325 e. The highest BCUT2D eigenvalue weighted by Gasteiger charge is 1.98. The topological polar surface area (TPSA) is 52.0 Å². The number of rotatable bonds is 3. The van der Waals surface area contributed by atoms with E-state index < -0.39 is 0 Å². The molecule has 0 heterocycles. The van der Waals surface area contributed by atoms with E-state index in [9.17, 15) is 0 Å². The number of nitrogens with two attached hydrogens (primary N) is 2. The molecule has 4 N–H and O–H groups in total. The van der Waals surface area contributed by atoms with Crippen LogP contribution in [0.5, 0.6) is 0 Å². The van der Waals surface area contributed by atoms with E-state index in [0.29, 0.717) is 6.54 Å². The molecule has 0 aliphatic rings. The molecule has 0 saturated carbocycles. The summed E-state index contributed by atoms with van der Waals surface area (Å²) in [4.78, 5) is 1.24. The maximum absolute atomic E-state index is 5.65. The van der Waals surface area contributed by atoms with Crippen LogP contribution in [-0.4, -0.2) is 12.3 Å². The van der Waals surface area contributed by atoms with Crippen molar-refractivity contribution in [3.8, 4) is 0 Å². The number of nitrogen functional groups attached to an aromatic ring is 1. The van der Waals surface area contributed by atoms with Crippen molar-refractivity contribution in [1.29, 1.82) is 0 Å². The Bertz CT molecular complexity index is 261. The number of benzene rings is 1. The van der Waals surface area contributed by atoms with Crippen molar-refractivity contribution < 1.29 is 0 Å². The molecule has 0 unspecified atom stereocenters. The van der Waals surface area contributed by atoms with Gasteiger partial charge in [0.25, 0.3) is 0 Å². The minimum atomic E-state index is 0.707. The van der Waals surface area contributed by atoms with E-state index >= 15 is 0 Å². The maximum Gasteiger partial charge on any atom is 0.0325 e. The Morgan fingerprint density at radius 2 is 2.17 bits per heavy atom. The van der Waals surface area contributed by atoms with Gasteiger partial charge in [0.1, 0.15) is 0 Å². The highest BCUT2D eigenvalue weighted by atomic mass is 32.2. The first kappa shape index (κ1) is 9.42. The molecule has 0 aromatic heterocycles. The first-order valence-corrected chi connectivity index (χ1v) is 4.91. The van der Waals surface area contributed by atoms with E-state index in [-0.39, 0.29) is 0 Å². The molecule has 0 aliphatic carbocycles. The molecule has 66 valence electrons. The molecular weight excluding hydrogens is 168 g/mol. The van der Waals surface area contributed by atoms with E-state index in [2.05, 4.69) is 6.92 Å². The third-order valence-electron chi connectivity index (χ3n) is 1.59. The Hall–Kier alpha value is -0.670. The third kappa shape index (κ3) is 2.43. The second kappa shape index (κ2) is 4.38. The lowest BCUT2D eigenvalue weighted by molar-refractivity contribution is 1.14. The van der Waals surface area contributed by atoms with Crippen LogP contribution in [0.3, 0.4) is 0 Å². The van der Waals surface area contributed by atoms with Crippen LogP contribution in [0.4, 0.5) is 5.69 Å². The van der Waals surface area contributed by atoms with Crippen molar-refractivity contribution in [2.45, 2.75) is 11.8 Å². The molecule has 2 nitrogen and oxygen atoms in total. The van der Waals surface area contributed by atoms with Crippen LogP contribution >= 0.6 is 11.8 Å². The quantitative estimate of drug-likeness (QED) is 0.552. The molecule has 12 heavy (non-hydrogen) atoms. The first-order chi connectivity index (χ1) is 5.74. The Balaban J connectivity index is 2.75. The summed E-state index contributed by atoms with van der Waals surface area (Å²) in [5.74, 6) is 0.949. The molecule has 0 radical (unpaired) electrons. The van der Waals surface area contributed by atoms with Crippen molar-refractivity contribution >= 4 is 17.4 Å². The highest BCUT2D eigenvalue weighted by Crippen LogP contribution is 2.23. The second-order valence-electron chi connectivity index (χ2n) is 2.66. The van der Waals surface area contributed by atoms with Gasteiger partial charge >= 0.3 is 0 Å². The molecule has 1 aromatic carbocycles. The van der Waals surface area contributed by atoms with E-state index in [1.54, 1.807) is 11.8 Å². The predicted octanol–water partition coefficient (Wildman–Crippen LogP) is 1.63. The number of anilines is 1. The standard InChI is InChI=1S/C9H14N2S/c1-7-2-3-8(11)6-9(7)12-5-4-10/h2-3,6H,4-5,10-11H2,1H3. The molecule has 0 atom stereocenters. The van der Waals surface area contributed by atoms with E-state index in [1.165, 1.54) is 10.5 Å². The Morgan fingerprint density at radius 1 is 1.42 bits per heavy atom. The summed E-state index contributed by atoms with van der Waals surface area (Å²) in [7, 11) is 0. The average molecular weight is 182 g/mol. The van der Waals surface area contributed by atoms with Gasteiger partial charge in [-0.25, -0.2) is 0 Å². The molecule has 0 bridgehead atoms. The van der Waals surface area contributed by atoms with Crippen molar-refractivity contribution in [2.24, 2.45) is 5.73 Å². The molecule has 0 fully saturated rings. The zero-order valence-corrected chi connectivity index (χ0v) is 8.03. The zero-order valence-electron chi connectivity index (χ0n) is 7.21. The van der Waals surface area contributed by atoms with Gasteiger partial charge in [-0.2, -0.15) is 0 Å². The summed E-state index contributed by atoms with van der Waals surface area (Å²) < 4.78 is 0. The van der Waals surface area contributed by atoms with Crippen molar-refractivity contribution in [3.63, 3.8) is 0 Å². The van der Waals surface area contributed by atoms with Gasteiger partial charge in [-0.15, -0.1) is 11.8 Å². The van der Waals surface area contributed by atoms with Crippen molar-refractivity contribution in [1.82, 2.24) is 0 Å². The molecule has 0 saturated heterocycles. The Kier molecular flexibility index (Phi) is 3.44. The normalized spacial score (nSPS) is 10.2. The van der Waals surface area contributed by atoms with Crippen molar-refractivity contribution in [2.75, 3.05) is 18.0 Å². The van der Waals surface area contributed by atoms with Crippen LogP contribution in [0.25, 0.3) is 0 Å². The molecule has 1 rings (SSSR count). The molecule has 0 aliphatic heterocycles. The van der Waals surface area contributed by atoms with Crippen LogP contribution < -0.4 is 11.5 Å². The van der Waals surface area contributed by atoms with Gasteiger partial charge in [-0.1, -0.05) is 6.07 Å². The summed E-state index contributed by atoms with van der Waals surface area (Å²) in [5, 5.41) is 0. The summed E-state index contributed by atoms with van der Waals surface area (Å²) in [6.45, 7) is 2.79. The fourth-order valence-electron chi connectivity index (χ4n) is 0.941. The predicted molar refractivity (Wildman–Crippen MR) is 55.4 cm³/mol. The molecular formula is C9H14N2S. The largest absolute Gasteiger partial charge is 0.399 e. The van der Waals surface area contributed by atoms with Gasteiger partial charge < -0.3 is 11.5 Å². The fraction of sp³-hybridized carbons (Fsp3) is 0.333. The SMILES string of the molecule is Cc1ccc(N)cc1SCCN. The highest BCUT2D eigenvalue weighted by molar-refractivity contribution is 7.99. The van der Waals surface area contributed by atoms with E-state index in [4.69, 9.17) is 11.5 Å². The van der Waals surface area contributed by atoms with Crippen LogP contribution in [0, 0.1) is 6.92 Å². The van der Waals surface area contributed by atoms with Crippen LogP contribution in [0.1, 0.15) is 5.56 Å². The van der Waals surface area contributed by atoms with E-state index in [1.807, 2.05) is 18.2 Å². The molecule has 0 spiro atoms. The summed E-state index contributed by atoms with van der Waals surface area (Å²) in [6, 6.07) is 5.95. The summed E-state index contributed by atoms with van der Waals surface area (Å²) in [5.41, 5.74) is 13.2. The number of hydrogen-bond donors (Lipinski definition) is 2. The monoisotopic (exact) mass is 182 g/mol. The Labute approximate surface area is 77.3 Å². The van der Waals surface area contributed by atoms with Gasteiger partial charge in [-0.05, 0) is 24.6 Å². The molecule has 3 heteroatoms. The maximum atomic E-state index is 5.65. The zero-order chi connectivity index (χ0) is 8.97. The lowest BCUT2D eigenvalue weighted by atomic mass is 10.2. The van der Waals surface area contributed by atoms with Crippen LogP contribution in [-0.2, 0) is 0 Å². The second-order valence-corrected chi connectivity index (χ2v) is 3.80. The van der Waals surface area contributed by atoms with Crippen LogP contribution in [0.2, 0.25) is 0 Å². The fourth-order valence-corrected chi connectivity index (χ4v) is 1.79. The van der Waals surface area contributed by atoms with Gasteiger partial charge in [0, 0.05) is 22.9 Å². The molecule has 1 aromatic rings. The van der Waals surface area contributed by atoms with Gasteiger partial charge in [0.05, 0.1) is 0 Å². The minimum Gasteiger partial charge on any atom is -0.399 e. The van der Waals surface area contributed by atoms with Crippen LogP contribution in [0.15, 0.2) is 23.1 Å². The minimum absolute atomic E-state index is 0.707. The average Bonchev–Trinajstić information content (AvgIpc) is 2.07.